The Morgan fingerprint density at radius 3 is 2.60 bits per heavy atom. The molecule has 2 saturated heterocycles. The minimum absolute atomic E-state index is 0.0249. The van der Waals surface area contributed by atoms with Crippen molar-refractivity contribution >= 4 is 51.9 Å². The number of ether oxygens (including phenoxy) is 3. The first-order chi connectivity index (χ1) is 24.8. The topological polar surface area (TPSA) is 114 Å². The van der Waals surface area contributed by atoms with Gasteiger partial charge in [-0.05, 0) is 70.7 Å². The molecule has 4 aromatic rings. The normalized spacial score (nSPS) is 18.4. The molecule has 1 N–H and O–H groups in total. The van der Waals surface area contributed by atoms with Gasteiger partial charge in [-0.1, -0.05) is 65.7 Å². The number of rotatable bonds is 11. The number of halogens is 3. The van der Waals surface area contributed by atoms with Crippen LogP contribution in [0.15, 0.2) is 54.6 Å². The van der Waals surface area contributed by atoms with Gasteiger partial charge in [-0.3, -0.25) is 0 Å². The van der Waals surface area contributed by atoms with E-state index in [-0.39, 0.29) is 76.4 Å². The van der Waals surface area contributed by atoms with Gasteiger partial charge in [0.15, 0.2) is 5.82 Å². The maximum Gasteiger partial charge on any atom is 0.410 e. The van der Waals surface area contributed by atoms with Gasteiger partial charge in [-0.2, -0.15) is 5.26 Å². The van der Waals surface area contributed by atoms with E-state index in [1.165, 1.54) is 0 Å². The van der Waals surface area contributed by atoms with Gasteiger partial charge in [-0.25, -0.2) is 19.0 Å². The number of benzene rings is 3. The Morgan fingerprint density at radius 1 is 1.15 bits per heavy atom. The summed E-state index contributed by atoms with van der Waals surface area (Å²) in [5.41, 5.74) is 1.85. The number of hydrogen-bond acceptors (Lipinski definition) is 8. The van der Waals surface area contributed by atoms with Gasteiger partial charge < -0.3 is 24.4 Å². The Bertz CT molecular complexity index is 2050. The lowest BCUT2D eigenvalue weighted by molar-refractivity contribution is 0.0238. The van der Waals surface area contributed by atoms with E-state index in [9.17, 15) is 14.9 Å². The van der Waals surface area contributed by atoms with Crippen molar-refractivity contribution in [3.8, 4) is 17.2 Å². The van der Waals surface area contributed by atoms with Crippen LogP contribution in [0.2, 0.25) is 10.0 Å². The monoisotopic (exact) mass is 746 g/mol. The third-order valence-corrected chi connectivity index (χ3v) is 10.3. The van der Waals surface area contributed by atoms with Crippen molar-refractivity contribution in [2.24, 2.45) is 5.92 Å². The molecule has 3 fully saturated rings. The third-order valence-electron chi connectivity index (χ3n) is 9.50. The summed E-state index contributed by atoms with van der Waals surface area (Å²) in [6, 6.07) is 17.9. The van der Waals surface area contributed by atoms with Crippen molar-refractivity contribution in [3.05, 3.63) is 92.8 Å². The second-order valence-electron chi connectivity index (χ2n) is 14.2. The lowest BCUT2D eigenvalue weighted by Gasteiger charge is -2.38. The number of pyridine rings is 1. The fraction of sp³-hybridized carbons (Fsp3) is 0.400. The van der Waals surface area contributed by atoms with Gasteiger partial charge >= 0.3 is 12.1 Å². The molecule has 2 aliphatic heterocycles. The molecule has 0 radical (unpaired) electrons. The Balaban J connectivity index is 1.56. The quantitative estimate of drug-likeness (QED) is 0.151. The smallest absolute Gasteiger partial charge is 0.410 e. The summed E-state index contributed by atoms with van der Waals surface area (Å²) in [5, 5.41) is 13.9. The molecule has 1 amide bonds. The van der Waals surface area contributed by atoms with Crippen LogP contribution in [0, 0.1) is 23.1 Å². The molecule has 3 heterocycles. The van der Waals surface area contributed by atoms with Crippen molar-refractivity contribution in [3.63, 3.8) is 0 Å². The Morgan fingerprint density at radius 2 is 1.90 bits per heavy atom. The molecular formula is C40H41Cl2FN4O5. The maximum absolute atomic E-state index is 17.3. The van der Waals surface area contributed by atoms with Gasteiger partial charge in [0.05, 0.1) is 58.9 Å². The zero-order valence-electron chi connectivity index (χ0n) is 29.8. The second kappa shape index (κ2) is 15.3. The number of carbonyl (C=O) groups is 2. The Labute approximate surface area is 313 Å². The van der Waals surface area contributed by atoms with Gasteiger partial charge in [0.2, 0.25) is 0 Å². The molecule has 0 unspecified atom stereocenters. The number of aromatic nitrogens is 1. The number of carbonyl (C=O) groups excluding carboxylic acids is 2. The van der Waals surface area contributed by atoms with E-state index in [2.05, 4.69) is 11.4 Å². The van der Waals surface area contributed by atoms with Crippen LogP contribution in [0.3, 0.4) is 0 Å². The van der Waals surface area contributed by atoms with Crippen LogP contribution in [-0.4, -0.2) is 52.8 Å². The highest BCUT2D eigenvalue weighted by atomic mass is 35.5. The van der Waals surface area contributed by atoms with Crippen LogP contribution in [-0.2, 0) is 27.2 Å². The number of nitrogens with one attached hydrogen (secondary N) is 1. The minimum atomic E-state index is -0.781. The Hall–Kier alpha value is -4.43. The first kappa shape index (κ1) is 37.3. The van der Waals surface area contributed by atoms with E-state index in [1.807, 2.05) is 51.1 Å². The third kappa shape index (κ3) is 7.40. The molecule has 272 valence electrons. The van der Waals surface area contributed by atoms with Gasteiger partial charge in [0.25, 0.3) is 0 Å². The van der Waals surface area contributed by atoms with Crippen molar-refractivity contribution in [1.29, 1.82) is 5.26 Å². The molecule has 9 nitrogen and oxygen atoms in total. The van der Waals surface area contributed by atoms with Gasteiger partial charge in [0.1, 0.15) is 16.7 Å². The summed E-state index contributed by atoms with van der Waals surface area (Å²) in [4.78, 5) is 33.7. The fourth-order valence-electron chi connectivity index (χ4n) is 7.07. The molecule has 2 bridgehead atoms. The summed E-state index contributed by atoms with van der Waals surface area (Å²) in [6.45, 7) is 9.70. The second-order valence-corrected chi connectivity index (χ2v) is 14.9. The SMILES string of the molecule is CCOC(=O)c1c([C@@H](C)OCc2ccccc2)nc2c(F)c(-c3cccc(Cl)c3Cl)c(CCC#N)cc2c1N[C@H]1[C@@H]2C[C@H]1N(C(=O)OC(C)(C)C)C2. The van der Waals surface area contributed by atoms with Crippen LogP contribution in [0.4, 0.5) is 14.9 Å². The molecule has 1 aromatic heterocycles. The van der Waals surface area contributed by atoms with Crippen molar-refractivity contribution < 1.29 is 28.2 Å². The zero-order valence-corrected chi connectivity index (χ0v) is 31.3. The highest BCUT2D eigenvalue weighted by molar-refractivity contribution is 6.43. The average Bonchev–Trinajstić information content (AvgIpc) is 3.71. The molecule has 12 heteroatoms. The highest BCUT2D eigenvalue weighted by Gasteiger charge is 2.55. The van der Waals surface area contributed by atoms with Crippen LogP contribution in [0.25, 0.3) is 22.0 Å². The number of anilines is 1. The number of nitriles is 1. The lowest BCUT2D eigenvalue weighted by Crippen LogP contribution is -2.50. The van der Waals surface area contributed by atoms with Gasteiger partial charge in [-0.15, -0.1) is 0 Å². The van der Waals surface area contributed by atoms with Crippen LogP contribution in [0.1, 0.15) is 80.7 Å². The molecule has 4 atom stereocenters. The first-order valence-electron chi connectivity index (χ1n) is 17.4. The summed E-state index contributed by atoms with van der Waals surface area (Å²) in [6.07, 6.45) is -0.161. The highest BCUT2D eigenvalue weighted by Crippen LogP contribution is 2.47. The van der Waals surface area contributed by atoms with E-state index < -0.39 is 29.6 Å². The number of esters is 1. The van der Waals surface area contributed by atoms with E-state index in [0.717, 1.165) is 12.0 Å². The summed E-state index contributed by atoms with van der Waals surface area (Å²) in [7, 11) is 0. The summed E-state index contributed by atoms with van der Waals surface area (Å²) >= 11 is 13.1. The van der Waals surface area contributed by atoms with Crippen LogP contribution >= 0.6 is 23.2 Å². The molecule has 3 aliphatic rings. The predicted octanol–water partition coefficient (Wildman–Crippen LogP) is 9.68. The standard InChI is InChI=1S/C40H41Cl2FN4O5/c1-6-50-38(48)31-34(22(2)51-21-23-12-8-7-9-13-23)45-37-27(36(31)46-35-25-19-29(35)47(20-25)39(49)52-40(3,4)5)18-24(14-11-17-44)30(33(37)43)26-15-10-16-28(41)32(26)42/h7-10,12-13,15-16,18,22,25,29,35H,6,11,14,19-21H2,1-5H3,(H,45,46)/t22-,25-,29-,35+/m1/s1. The number of amides is 1. The van der Waals surface area contributed by atoms with E-state index >= 15 is 4.39 Å². The van der Waals surface area contributed by atoms with Crippen molar-refractivity contribution in [2.75, 3.05) is 18.5 Å². The molecule has 7 rings (SSSR count). The number of fused-ring (bicyclic) bond motifs is 2. The van der Waals surface area contributed by atoms with Gasteiger partial charge in [0, 0.05) is 35.4 Å². The number of hydrogen-bond donors (Lipinski definition) is 1. The predicted molar refractivity (Wildman–Crippen MR) is 199 cm³/mol. The summed E-state index contributed by atoms with van der Waals surface area (Å²) in [5.74, 6) is -1.28. The Kier molecular flexibility index (Phi) is 11.0. The average molecular weight is 748 g/mol. The van der Waals surface area contributed by atoms with Crippen LogP contribution in [0.5, 0.6) is 0 Å². The van der Waals surface area contributed by atoms with E-state index in [0.29, 0.717) is 28.7 Å². The van der Waals surface area contributed by atoms with Crippen molar-refractivity contribution in [1.82, 2.24) is 9.88 Å². The molecule has 3 aromatic carbocycles. The molecule has 1 saturated carbocycles. The van der Waals surface area contributed by atoms with Crippen LogP contribution < -0.4 is 5.32 Å². The molecular weight excluding hydrogens is 706 g/mol. The maximum atomic E-state index is 17.3. The largest absolute Gasteiger partial charge is 0.462 e. The van der Waals surface area contributed by atoms with E-state index in [4.69, 9.17) is 42.4 Å². The molecule has 1 aliphatic carbocycles. The minimum Gasteiger partial charge on any atom is -0.462 e. The summed E-state index contributed by atoms with van der Waals surface area (Å²) < 4.78 is 34.9. The van der Waals surface area contributed by atoms with Crippen molar-refractivity contribution in [2.45, 2.75) is 84.3 Å². The fourth-order valence-corrected chi connectivity index (χ4v) is 7.46. The zero-order chi connectivity index (χ0) is 37.3. The molecule has 52 heavy (non-hydrogen) atoms. The number of aryl methyl sites for hydroxylation is 1. The number of nitrogens with zero attached hydrogens (tertiary/aromatic N) is 3. The molecule has 0 spiro atoms. The lowest BCUT2D eigenvalue weighted by atomic mass is 9.79. The first-order valence-corrected chi connectivity index (χ1v) is 18.2. The van der Waals surface area contributed by atoms with E-state index in [1.54, 1.807) is 43.0 Å².